The first-order valence-electron chi connectivity index (χ1n) is 8.56. The lowest BCUT2D eigenvalue weighted by atomic mass is 10.1. The van der Waals surface area contributed by atoms with Crippen LogP contribution in [-0.4, -0.2) is 26.3 Å². The number of thioether (sulfide) groups is 1. The van der Waals surface area contributed by atoms with Gasteiger partial charge in [-0.1, -0.05) is 54.6 Å². The largest absolute Gasteiger partial charge is 0.302 e. The normalized spacial score (nSPS) is 10.9. The number of carbonyl (C=O) groups is 1. The van der Waals surface area contributed by atoms with Gasteiger partial charge in [0.2, 0.25) is 0 Å². The number of halogens is 1. The molecule has 0 aliphatic carbocycles. The van der Waals surface area contributed by atoms with Crippen molar-refractivity contribution in [2.75, 3.05) is 5.75 Å². The van der Waals surface area contributed by atoms with Gasteiger partial charge in [0.05, 0.1) is 5.75 Å². The van der Waals surface area contributed by atoms with E-state index in [1.165, 1.54) is 17.3 Å². The van der Waals surface area contributed by atoms with Crippen LogP contribution >= 0.6 is 23.4 Å². The highest BCUT2D eigenvalue weighted by atomic mass is 35.5. The van der Waals surface area contributed by atoms with E-state index in [1.807, 2.05) is 60.0 Å². The Balaban J connectivity index is 1.73. The molecule has 1 heterocycles. The number of aromatic nitrogens is 3. The Morgan fingerprint density at radius 3 is 2.35 bits per heavy atom. The Morgan fingerprint density at radius 1 is 1.04 bits per heavy atom. The summed E-state index contributed by atoms with van der Waals surface area (Å²) in [5, 5.41) is 10.00. The van der Waals surface area contributed by atoms with E-state index in [4.69, 9.17) is 11.6 Å². The molecule has 0 fully saturated rings. The molecule has 0 radical (unpaired) electrons. The van der Waals surface area contributed by atoms with Crippen molar-refractivity contribution in [1.82, 2.24) is 14.8 Å². The van der Waals surface area contributed by atoms with Gasteiger partial charge in [0.15, 0.2) is 16.8 Å². The van der Waals surface area contributed by atoms with Crippen molar-refractivity contribution in [2.45, 2.75) is 32.0 Å². The third-order valence-corrected chi connectivity index (χ3v) is 5.37. The number of hydrogen-bond acceptors (Lipinski definition) is 4. The van der Waals surface area contributed by atoms with Crippen LogP contribution in [0.3, 0.4) is 0 Å². The Labute approximate surface area is 162 Å². The van der Waals surface area contributed by atoms with E-state index in [2.05, 4.69) is 17.1 Å². The molecule has 26 heavy (non-hydrogen) atoms. The molecular formula is C20H20ClN3OS. The van der Waals surface area contributed by atoms with Gasteiger partial charge in [-0.2, -0.15) is 0 Å². The van der Waals surface area contributed by atoms with Gasteiger partial charge in [0.25, 0.3) is 0 Å². The first kappa shape index (κ1) is 18.7. The number of rotatable bonds is 7. The maximum atomic E-state index is 12.4. The SMILES string of the molecule is CCc1ccc(C(=O)CSc2nnc(-c3ccc(Cl)cc3)n2CC)cc1. The van der Waals surface area contributed by atoms with E-state index in [9.17, 15) is 4.79 Å². The standard InChI is InChI=1S/C20H20ClN3OS/c1-3-14-5-7-15(8-6-14)18(25)13-26-20-23-22-19(24(20)4-2)16-9-11-17(21)12-10-16/h5-12H,3-4,13H2,1-2H3. The van der Waals surface area contributed by atoms with Crippen molar-refractivity contribution >= 4 is 29.1 Å². The minimum Gasteiger partial charge on any atom is -0.302 e. The van der Waals surface area contributed by atoms with Crippen LogP contribution < -0.4 is 0 Å². The second kappa shape index (κ2) is 8.52. The topological polar surface area (TPSA) is 47.8 Å². The molecular weight excluding hydrogens is 366 g/mol. The fraction of sp³-hybridized carbons (Fsp3) is 0.250. The molecule has 0 aliphatic heterocycles. The summed E-state index contributed by atoms with van der Waals surface area (Å²) in [6, 6.07) is 15.3. The van der Waals surface area contributed by atoms with Gasteiger partial charge in [-0.3, -0.25) is 4.79 Å². The Bertz CT molecular complexity index is 888. The van der Waals surface area contributed by atoms with Crippen LogP contribution in [0.15, 0.2) is 53.7 Å². The van der Waals surface area contributed by atoms with Gasteiger partial charge in [-0.05, 0) is 43.2 Å². The lowest BCUT2D eigenvalue weighted by molar-refractivity contribution is 0.102. The summed E-state index contributed by atoms with van der Waals surface area (Å²) in [5.74, 6) is 1.22. The third kappa shape index (κ3) is 4.17. The van der Waals surface area contributed by atoms with Gasteiger partial charge in [0.1, 0.15) is 0 Å². The van der Waals surface area contributed by atoms with Crippen molar-refractivity contribution < 1.29 is 4.79 Å². The molecule has 0 spiro atoms. The van der Waals surface area contributed by atoms with Crippen molar-refractivity contribution in [3.05, 3.63) is 64.7 Å². The first-order chi connectivity index (χ1) is 12.6. The second-order valence-electron chi connectivity index (χ2n) is 5.82. The molecule has 0 aliphatic rings. The monoisotopic (exact) mass is 385 g/mol. The summed E-state index contributed by atoms with van der Waals surface area (Å²) in [6.07, 6.45) is 0.969. The molecule has 3 rings (SSSR count). The van der Waals surface area contributed by atoms with Gasteiger partial charge in [0, 0.05) is 22.7 Å². The lowest BCUT2D eigenvalue weighted by Crippen LogP contribution is -2.05. The highest BCUT2D eigenvalue weighted by molar-refractivity contribution is 7.99. The average Bonchev–Trinajstić information content (AvgIpc) is 3.09. The van der Waals surface area contributed by atoms with E-state index in [0.29, 0.717) is 10.8 Å². The molecule has 0 unspecified atom stereocenters. The zero-order valence-corrected chi connectivity index (χ0v) is 16.3. The first-order valence-corrected chi connectivity index (χ1v) is 9.92. The molecule has 0 saturated heterocycles. The predicted octanol–water partition coefficient (Wildman–Crippen LogP) is 5.16. The lowest BCUT2D eigenvalue weighted by Gasteiger charge is -2.07. The molecule has 134 valence electrons. The number of Topliss-reactive ketones (excluding diaryl/α,β-unsaturated/α-hetero) is 1. The summed E-state index contributed by atoms with van der Waals surface area (Å²) < 4.78 is 2.02. The van der Waals surface area contributed by atoms with E-state index < -0.39 is 0 Å². The summed E-state index contributed by atoms with van der Waals surface area (Å²) in [5.41, 5.74) is 2.92. The fourth-order valence-corrected chi connectivity index (χ4v) is 3.66. The van der Waals surface area contributed by atoms with Crippen LogP contribution in [-0.2, 0) is 13.0 Å². The molecule has 6 heteroatoms. The minimum atomic E-state index is 0.0938. The second-order valence-corrected chi connectivity index (χ2v) is 7.20. The smallest absolute Gasteiger partial charge is 0.191 e. The zero-order valence-electron chi connectivity index (χ0n) is 14.8. The Kier molecular flexibility index (Phi) is 6.12. The van der Waals surface area contributed by atoms with Crippen molar-refractivity contribution in [2.24, 2.45) is 0 Å². The molecule has 0 atom stereocenters. The van der Waals surface area contributed by atoms with Crippen LogP contribution in [0.4, 0.5) is 0 Å². The third-order valence-electron chi connectivity index (χ3n) is 4.15. The number of ketones is 1. The van der Waals surface area contributed by atoms with Crippen LogP contribution in [0, 0.1) is 0 Å². The molecule has 0 amide bonds. The quantitative estimate of drug-likeness (QED) is 0.416. The van der Waals surface area contributed by atoms with Crippen molar-refractivity contribution in [1.29, 1.82) is 0 Å². The highest BCUT2D eigenvalue weighted by Crippen LogP contribution is 2.25. The van der Waals surface area contributed by atoms with Gasteiger partial charge < -0.3 is 4.57 Å². The summed E-state index contributed by atoms with van der Waals surface area (Å²) >= 11 is 7.37. The zero-order chi connectivity index (χ0) is 18.5. The molecule has 4 nitrogen and oxygen atoms in total. The van der Waals surface area contributed by atoms with Crippen LogP contribution in [0.25, 0.3) is 11.4 Å². The summed E-state index contributed by atoms with van der Waals surface area (Å²) in [6.45, 7) is 4.87. The van der Waals surface area contributed by atoms with Crippen LogP contribution in [0.5, 0.6) is 0 Å². The number of nitrogens with zero attached hydrogens (tertiary/aromatic N) is 3. The van der Waals surface area contributed by atoms with Crippen molar-refractivity contribution in [3.8, 4) is 11.4 Å². The van der Waals surface area contributed by atoms with Crippen LogP contribution in [0.1, 0.15) is 29.8 Å². The molecule has 0 bridgehead atoms. The number of carbonyl (C=O) groups excluding carboxylic acids is 1. The van der Waals surface area contributed by atoms with Gasteiger partial charge >= 0.3 is 0 Å². The predicted molar refractivity (Wildman–Crippen MR) is 107 cm³/mol. The van der Waals surface area contributed by atoms with Gasteiger partial charge in [-0.25, -0.2) is 0 Å². The van der Waals surface area contributed by atoms with E-state index >= 15 is 0 Å². The summed E-state index contributed by atoms with van der Waals surface area (Å²) in [7, 11) is 0. The van der Waals surface area contributed by atoms with Gasteiger partial charge in [-0.15, -0.1) is 10.2 Å². The fourth-order valence-electron chi connectivity index (χ4n) is 2.63. The number of benzene rings is 2. The summed E-state index contributed by atoms with van der Waals surface area (Å²) in [4.78, 5) is 12.4. The minimum absolute atomic E-state index is 0.0938. The molecule has 2 aromatic carbocycles. The van der Waals surface area contributed by atoms with Crippen molar-refractivity contribution in [3.63, 3.8) is 0 Å². The number of aryl methyl sites for hydroxylation is 1. The molecule has 3 aromatic rings. The average molecular weight is 386 g/mol. The van der Waals surface area contributed by atoms with E-state index in [1.54, 1.807) is 0 Å². The maximum absolute atomic E-state index is 12.4. The van der Waals surface area contributed by atoms with Crippen LogP contribution in [0.2, 0.25) is 5.02 Å². The Morgan fingerprint density at radius 2 is 1.73 bits per heavy atom. The van der Waals surface area contributed by atoms with E-state index in [0.717, 1.165) is 35.1 Å². The molecule has 0 N–H and O–H groups in total. The Hall–Kier alpha value is -2.11. The highest BCUT2D eigenvalue weighted by Gasteiger charge is 2.15. The number of hydrogen-bond donors (Lipinski definition) is 0. The molecule has 1 aromatic heterocycles. The van der Waals surface area contributed by atoms with E-state index in [-0.39, 0.29) is 5.78 Å². The maximum Gasteiger partial charge on any atom is 0.191 e. The molecule has 0 saturated carbocycles.